The average Bonchev–Trinajstić information content (AvgIpc) is 2.20. The molecule has 76 valence electrons. The highest BCUT2D eigenvalue weighted by Crippen LogP contribution is 2.25. The van der Waals surface area contributed by atoms with Crippen molar-refractivity contribution in [3.8, 4) is 5.75 Å². The van der Waals surface area contributed by atoms with Gasteiger partial charge in [-0.05, 0) is 6.07 Å². The third-order valence-corrected chi connectivity index (χ3v) is 1.81. The van der Waals surface area contributed by atoms with E-state index in [0.717, 1.165) is 6.07 Å². The maximum atomic E-state index is 12.8. The summed E-state index contributed by atoms with van der Waals surface area (Å²) in [6.45, 7) is 0. The number of halogens is 1. The Morgan fingerprint density at radius 1 is 1.64 bits per heavy atom. The van der Waals surface area contributed by atoms with E-state index in [-0.39, 0.29) is 5.56 Å². The van der Waals surface area contributed by atoms with E-state index in [4.69, 9.17) is 5.73 Å². The first-order chi connectivity index (χ1) is 6.57. The molecule has 1 aromatic rings. The fourth-order valence-corrected chi connectivity index (χ4v) is 1.04. The van der Waals surface area contributed by atoms with Crippen LogP contribution in [0.3, 0.4) is 0 Å². The summed E-state index contributed by atoms with van der Waals surface area (Å²) in [4.78, 5) is 11.0. The first-order valence-corrected chi connectivity index (χ1v) is 3.88. The van der Waals surface area contributed by atoms with Crippen molar-refractivity contribution in [2.75, 3.05) is 7.11 Å². The number of benzene rings is 1. The molecule has 0 aliphatic rings. The molecule has 0 saturated heterocycles. The average molecular weight is 199 g/mol. The number of esters is 1. The quantitative estimate of drug-likeness (QED) is 0.688. The van der Waals surface area contributed by atoms with Gasteiger partial charge in [0, 0.05) is 5.56 Å². The van der Waals surface area contributed by atoms with Crippen molar-refractivity contribution in [1.82, 2.24) is 0 Å². The minimum absolute atomic E-state index is 0.0110. The number of carbonyl (C=O) groups is 1. The lowest BCUT2D eigenvalue weighted by atomic mass is 10.1. The van der Waals surface area contributed by atoms with E-state index >= 15 is 0 Å². The molecule has 4 nitrogen and oxygen atoms in total. The van der Waals surface area contributed by atoms with Gasteiger partial charge in [-0.15, -0.1) is 0 Å². The van der Waals surface area contributed by atoms with Gasteiger partial charge in [-0.1, -0.05) is 12.1 Å². The van der Waals surface area contributed by atoms with E-state index in [0.29, 0.717) is 0 Å². The second kappa shape index (κ2) is 4.06. The smallest absolute Gasteiger partial charge is 0.327 e. The zero-order chi connectivity index (χ0) is 10.7. The Bertz CT molecular complexity index is 354. The van der Waals surface area contributed by atoms with Gasteiger partial charge in [0.25, 0.3) is 0 Å². The Labute approximate surface area is 80.1 Å². The highest BCUT2D eigenvalue weighted by Gasteiger charge is 2.21. The molecule has 0 aliphatic carbocycles. The van der Waals surface area contributed by atoms with Crippen molar-refractivity contribution in [3.05, 3.63) is 29.6 Å². The van der Waals surface area contributed by atoms with E-state index in [2.05, 4.69) is 4.74 Å². The number of methoxy groups -OCH3 is 1. The number of phenols is 1. The lowest BCUT2D eigenvalue weighted by Gasteiger charge is -2.11. The molecule has 0 amide bonds. The van der Waals surface area contributed by atoms with Gasteiger partial charge in [-0.25, -0.2) is 4.39 Å². The minimum Gasteiger partial charge on any atom is -0.505 e. The second-order valence-electron chi connectivity index (χ2n) is 2.68. The number of aromatic hydroxyl groups is 1. The number of hydrogen-bond donors (Lipinski definition) is 2. The van der Waals surface area contributed by atoms with Crippen LogP contribution in [0.2, 0.25) is 0 Å². The molecule has 14 heavy (non-hydrogen) atoms. The van der Waals surface area contributed by atoms with Gasteiger partial charge in [0.2, 0.25) is 0 Å². The van der Waals surface area contributed by atoms with Crippen LogP contribution < -0.4 is 5.73 Å². The summed E-state index contributed by atoms with van der Waals surface area (Å²) in [5.74, 6) is -2.17. The molecule has 0 unspecified atom stereocenters. The van der Waals surface area contributed by atoms with Crippen molar-refractivity contribution >= 4 is 5.97 Å². The Kier molecular flexibility index (Phi) is 3.03. The molecular formula is C9H10FNO3. The molecular weight excluding hydrogens is 189 g/mol. The number of ether oxygens (including phenoxy) is 1. The molecule has 3 N–H and O–H groups in total. The molecule has 0 saturated carbocycles. The van der Waals surface area contributed by atoms with Crippen LogP contribution in [0.5, 0.6) is 5.75 Å². The highest BCUT2D eigenvalue weighted by atomic mass is 19.1. The molecule has 1 rings (SSSR count). The van der Waals surface area contributed by atoms with E-state index in [1.54, 1.807) is 0 Å². The van der Waals surface area contributed by atoms with Crippen LogP contribution in [-0.2, 0) is 9.53 Å². The van der Waals surface area contributed by atoms with Crippen LogP contribution in [0.1, 0.15) is 11.6 Å². The van der Waals surface area contributed by atoms with Crippen molar-refractivity contribution in [2.45, 2.75) is 6.04 Å². The van der Waals surface area contributed by atoms with E-state index in [1.165, 1.54) is 19.2 Å². The summed E-state index contributed by atoms with van der Waals surface area (Å²) < 4.78 is 17.2. The first kappa shape index (κ1) is 10.5. The molecule has 0 heterocycles. The Balaban J connectivity index is 3.07. The monoisotopic (exact) mass is 199 g/mol. The lowest BCUT2D eigenvalue weighted by molar-refractivity contribution is -0.142. The zero-order valence-electron chi connectivity index (χ0n) is 7.53. The van der Waals surface area contributed by atoms with Crippen LogP contribution in [-0.4, -0.2) is 18.2 Å². The predicted molar refractivity (Wildman–Crippen MR) is 47.0 cm³/mol. The number of para-hydroxylation sites is 1. The molecule has 5 heteroatoms. The van der Waals surface area contributed by atoms with Crippen LogP contribution in [0.15, 0.2) is 18.2 Å². The summed E-state index contributed by atoms with van der Waals surface area (Å²) >= 11 is 0. The third-order valence-electron chi connectivity index (χ3n) is 1.81. The fourth-order valence-electron chi connectivity index (χ4n) is 1.04. The van der Waals surface area contributed by atoms with Gasteiger partial charge >= 0.3 is 5.97 Å². The molecule has 0 aliphatic heterocycles. The zero-order valence-corrected chi connectivity index (χ0v) is 7.53. The highest BCUT2D eigenvalue weighted by molar-refractivity contribution is 5.78. The van der Waals surface area contributed by atoms with Gasteiger partial charge in [-0.2, -0.15) is 0 Å². The van der Waals surface area contributed by atoms with Crippen molar-refractivity contribution in [1.29, 1.82) is 0 Å². The Hall–Kier alpha value is -1.62. The number of nitrogens with two attached hydrogens (primary N) is 1. The molecule has 0 aromatic heterocycles. The topological polar surface area (TPSA) is 72.5 Å². The van der Waals surface area contributed by atoms with E-state index in [1.807, 2.05) is 0 Å². The fraction of sp³-hybridized carbons (Fsp3) is 0.222. The number of phenolic OH excluding ortho intramolecular Hbond substituents is 1. The Morgan fingerprint density at radius 3 is 2.86 bits per heavy atom. The SMILES string of the molecule is COC(=O)[C@@H](N)c1cccc(F)c1O. The standard InChI is InChI=1S/C9H10FNO3/c1-14-9(13)7(11)5-3-2-4-6(10)8(5)12/h2-4,7,12H,11H2,1H3/t7-/m0/s1. The summed E-state index contributed by atoms with van der Waals surface area (Å²) in [6, 6.07) is 2.62. The van der Waals surface area contributed by atoms with Crippen LogP contribution >= 0.6 is 0 Å². The van der Waals surface area contributed by atoms with Gasteiger partial charge in [0.05, 0.1) is 7.11 Å². The molecule has 0 radical (unpaired) electrons. The van der Waals surface area contributed by atoms with E-state index in [9.17, 15) is 14.3 Å². The van der Waals surface area contributed by atoms with Crippen molar-refractivity contribution < 1.29 is 19.0 Å². The number of hydrogen-bond acceptors (Lipinski definition) is 4. The maximum Gasteiger partial charge on any atom is 0.327 e. The first-order valence-electron chi connectivity index (χ1n) is 3.88. The number of rotatable bonds is 2. The summed E-state index contributed by atoms with van der Waals surface area (Å²) in [5.41, 5.74) is 5.43. The van der Waals surface area contributed by atoms with Crippen molar-refractivity contribution in [2.24, 2.45) is 5.73 Å². The third kappa shape index (κ3) is 1.82. The van der Waals surface area contributed by atoms with Gasteiger partial charge < -0.3 is 15.6 Å². The number of carbonyl (C=O) groups excluding carboxylic acids is 1. The minimum atomic E-state index is -1.17. The lowest BCUT2D eigenvalue weighted by Crippen LogP contribution is -2.22. The maximum absolute atomic E-state index is 12.8. The molecule has 1 aromatic carbocycles. The second-order valence-corrected chi connectivity index (χ2v) is 2.68. The molecule has 1 atom stereocenters. The summed E-state index contributed by atoms with van der Waals surface area (Å²) in [7, 11) is 1.17. The van der Waals surface area contributed by atoms with Crippen LogP contribution in [0, 0.1) is 5.82 Å². The molecule has 0 fully saturated rings. The molecule has 0 bridgehead atoms. The summed E-state index contributed by atoms with van der Waals surface area (Å²) in [5, 5.41) is 9.25. The van der Waals surface area contributed by atoms with Crippen LogP contribution in [0.4, 0.5) is 4.39 Å². The Morgan fingerprint density at radius 2 is 2.29 bits per heavy atom. The van der Waals surface area contributed by atoms with E-state index < -0.39 is 23.6 Å². The van der Waals surface area contributed by atoms with Gasteiger partial charge in [0.1, 0.15) is 6.04 Å². The normalized spacial score (nSPS) is 12.2. The van der Waals surface area contributed by atoms with Gasteiger partial charge in [0.15, 0.2) is 11.6 Å². The largest absolute Gasteiger partial charge is 0.505 e. The van der Waals surface area contributed by atoms with Crippen LogP contribution in [0.25, 0.3) is 0 Å². The summed E-state index contributed by atoms with van der Waals surface area (Å²) in [6.07, 6.45) is 0. The van der Waals surface area contributed by atoms with Gasteiger partial charge in [-0.3, -0.25) is 4.79 Å². The predicted octanol–water partition coefficient (Wildman–Crippen LogP) is 0.704. The molecule has 0 spiro atoms. The van der Waals surface area contributed by atoms with Crippen molar-refractivity contribution in [3.63, 3.8) is 0 Å².